The van der Waals surface area contributed by atoms with Gasteiger partial charge in [-0.05, 0) is 13.8 Å². The standard InChI is InChI=1S/C10H15N3O2/c1-4-5-11-6-9(14)12-10-7(2)8(3)13-15-10/h4,11H,1,5-6H2,2-3H3,(H,12,14). The third-order valence-electron chi connectivity index (χ3n) is 1.98. The molecule has 0 aliphatic rings. The van der Waals surface area contributed by atoms with Crippen molar-refractivity contribution < 1.29 is 9.32 Å². The molecule has 1 amide bonds. The minimum atomic E-state index is -0.156. The maximum absolute atomic E-state index is 11.4. The number of aromatic nitrogens is 1. The first-order valence-corrected chi connectivity index (χ1v) is 4.69. The molecule has 0 aliphatic heterocycles. The molecule has 1 heterocycles. The predicted molar refractivity (Wildman–Crippen MR) is 57.7 cm³/mol. The van der Waals surface area contributed by atoms with Gasteiger partial charge in [0.05, 0.1) is 12.2 Å². The van der Waals surface area contributed by atoms with Gasteiger partial charge in [-0.15, -0.1) is 6.58 Å². The Morgan fingerprint density at radius 2 is 2.33 bits per heavy atom. The van der Waals surface area contributed by atoms with Crippen LogP contribution in [0.1, 0.15) is 11.3 Å². The lowest BCUT2D eigenvalue weighted by Crippen LogP contribution is -2.28. The van der Waals surface area contributed by atoms with Gasteiger partial charge >= 0.3 is 0 Å². The molecule has 0 saturated heterocycles. The second-order valence-electron chi connectivity index (χ2n) is 3.19. The lowest BCUT2D eigenvalue weighted by Gasteiger charge is -2.02. The van der Waals surface area contributed by atoms with Crippen molar-refractivity contribution in [3.63, 3.8) is 0 Å². The van der Waals surface area contributed by atoms with Crippen LogP contribution in [0.5, 0.6) is 0 Å². The Morgan fingerprint density at radius 3 is 2.87 bits per heavy atom. The van der Waals surface area contributed by atoms with Crippen LogP contribution in [0.4, 0.5) is 5.88 Å². The first-order chi connectivity index (χ1) is 7.15. The Labute approximate surface area is 88.5 Å². The van der Waals surface area contributed by atoms with Gasteiger partial charge in [-0.3, -0.25) is 10.1 Å². The van der Waals surface area contributed by atoms with Crippen molar-refractivity contribution in [3.05, 3.63) is 23.9 Å². The fourth-order valence-corrected chi connectivity index (χ4v) is 0.990. The van der Waals surface area contributed by atoms with E-state index in [0.717, 1.165) is 11.3 Å². The quantitative estimate of drug-likeness (QED) is 0.561. The van der Waals surface area contributed by atoms with E-state index in [-0.39, 0.29) is 12.5 Å². The van der Waals surface area contributed by atoms with E-state index < -0.39 is 0 Å². The van der Waals surface area contributed by atoms with Gasteiger partial charge in [0, 0.05) is 12.1 Å². The lowest BCUT2D eigenvalue weighted by molar-refractivity contribution is -0.115. The molecule has 0 aliphatic carbocycles. The van der Waals surface area contributed by atoms with E-state index in [1.54, 1.807) is 6.08 Å². The molecule has 0 unspecified atom stereocenters. The molecular weight excluding hydrogens is 194 g/mol. The molecule has 1 aromatic rings. The largest absolute Gasteiger partial charge is 0.338 e. The first kappa shape index (κ1) is 11.5. The SMILES string of the molecule is C=CCNCC(=O)Nc1onc(C)c1C. The van der Waals surface area contributed by atoms with E-state index in [9.17, 15) is 4.79 Å². The zero-order valence-electron chi connectivity index (χ0n) is 8.96. The number of amides is 1. The summed E-state index contributed by atoms with van der Waals surface area (Å²) in [5, 5.41) is 9.25. The van der Waals surface area contributed by atoms with E-state index in [2.05, 4.69) is 22.4 Å². The molecule has 15 heavy (non-hydrogen) atoms. The Hall–Kier alpha value is -1.62. The topological polar surface area (TPSA) is 67.2 Å². The van der Waals surface area contributed by atoms with Crippen LogP contribution in [0.15, 0.2) is 17.2 Å². The number of nitrogens with zero attached hydrogens (tertiary/aromatic N) is 1. The van der Waals surface area contributed by atoms with Crippen LogP contribution in [0, 0.1) is 13.8 Å². The summed E-state index contributed by atoms with van der Waals surface area (Å²) in [7, 11) is 0. The highest BCUT2D eigenvalue weighted by molar-refractivity contribution is 5.91. The molecule has 0 fully saturated rings. The summed E-state index contributed by atoms with van der Waals surface area (Å²) in [6, 6.07) is 0. The molecule has 0 radical (unpaired) electrons. The van der Waals surface area contributed by atoms with Crippen LogP contribution in [-0.4, -0.2) is 24.2 Å². The van der Waals surface area contributed by atoms with Crippen molar-refractivity contribution in [2.45, 2.75) is 13.8 Å². The molecule has 0 bridgehead atoms. The Balaban J connectivity index is 2.44. The summed E-state index contributed by atoms with van der Waals surface area (Å²) in [5.74, 6) is 0.258. The predicted octanol–water partition coefficient (Wildman–Crippen LogP) is 1.01. The average Bonchev–Trinajstić information content (AvgIpc) is 2.50. The highest BCUT2D eigenvalue weighted by Crippen LogP contribution is 2.16. The van der Waals surface area contributed by atoms with Crippen LogP contribution >= 0.6 is 0 Å². The lowest BCUT2D eigenvalue weighted by atomic mass is 10.3. The van der Waals surface area contributed by atoms with Crippen molar-refractivity contribution in [2.24, 2.45) is 0 Å². The molecule has 5 heteroatoms. The normalized spacial score (nSPS) is 10.0. The fraction of sp³-hybridized carbons (Fsp3) is 0.400. The van der Waals surface area contributed by atoms with Crippen LogP contribution in [0.3, 0.4) is 0 Å². The molecule has 0 aromatic carbocycles. The minimum Gasteiger partial charge on any atom is -0.338 e. The molecule has 0 atom stereocenters. The molecule has 1 rings (SSSR count). The van der Waals surface area contributed by atoms with Gasteiger partial charge < -0.3 is 9.84 Å². The maximum atomic E-state index is 11.4. The summed E-state index contributed by atoms with van der Waals surface area (Å²) in [6.45, 7) is 8.03. The van der Waals surface area contributed by atoms with Crippen LogP contribution in [0.25, 0.3) is 0 Å². The monoisotopic (exact) mass is 209 g/mol. The molecular formula is C10H15N3O2. The molecule has 82 valence electrons. The van der Waals surface area contributed by atoms with Gasteiger partial charge in [0.2, 0.25) is 11.8 Å². The number of carbonyl (C=O) groups is 1. The number of rotatable bonds is 5. The van der Waals surface area contributed by atoms with Crippen molar-refractivity contribution in [3.8, 4) is 0 Å². The highest BCUT2D eigenvalue weighted by atomic mass is 16.5. The first-order valence-electron chi connectivity index (χ1n) is 4.69. The van der Waals surface area contributed by atoms with E-state index in [4.69, 9.17) is 4.52 Å². The second-order valence-corrected chi connectivity index (χ2v) is 3.19. The van der Waals surface area contributed by atoms with Gasteiger partial charge in [0.1, 0.15) is 0 Å². The third-order valence-corrected chi connectivity index (χ3v) is 1.98. The summed E-state index contributed by atoms with van der Waals surface area (Å²) in [5.41, 5.74) is 1.64. The number of anilines is 1. The average molecular weight is 209 g/mol. The summed E-state index contributed by atoms with van der Waals surface area (Å²) in [4.78, 5) is 11.4. The summed E-state index contributed by atoms with van der Waals surface area (Å²) in [6.07, 6.45) is 1.69. The van der Waals surface area contributed by atoms with Gasteiger partial charge in [0.15, 0.2) is 0 Å². The Bertz CT molecular complexity index is 358. The maximum Gasteiger partial charge on any atom is 0.240 e. The number of carbonyl (C=O) groups excluding carboxylic acids is 1. The molecule has 5 nitrogen and oxygen atoms in total. The second kappa shape index (κ2) is 5.31. The highest BCUT2D eigenvalue weighted by Gasteiger charge is 2.10. The van der Waals surface area contributed by atoms with Crippen molar-refractivity contribution in [2.75, 3.05) is 18.4 Å². The van der Waals surface area contributed by atoms with Crippen molar-refractivity contribution >= 4 is 11.8 Å². The van der Waals surface area contributed by atoms with Gasteiger partial charge in [-0.25, -0.2) is 0 Å². The van der Waals surface area contributed by atoms with E-state index in [1.807, 2.05) is 13.8 Å². The number of aryl methyl sites for hydroxylation is 1. The summed E-state index contributed by atoms with van der Waals surface area (Å²) >= 11 is 0. The Kier molecular flexibility index (Phi) is 4.05. The van der Waals surface area contributed by atoms with Crippen molar-refractivity contribution in [1.29, 1.82) is 0 Å². The number of hydrogen-bond acceptors (Lipinski definition) is 4. The smallest absolute Gasteiger partial charge is 0.240 e. The van der Waals surface area contributed by atoms with Crippen molar-refractivity contribution in [1.82, 2.24) is 10.5 Å². The van der Waals surface area contributed by atoms with Gasteiger partial charge in [0.25, 0.3) is 0 Å². The van der Waals surface area contributed by atoms with Crippen LogP contribution < -0.4 is 10.6 Å². The molecule has 0 spiro atoms. The zero-order chi connectivity index (χ0) is 11.3. The van der Waals surface area contributed by atoms with Crippen LogP contribution in [-0.2, 0) is 4.79 Å². The van der Waals surface area contributed by atoms with Crippen LogP contribution in [0.2, 0.25) is 0 Å². The van der Waals surface area contributed by atoms with Gasteiger partial charge in [-0.2, -0.15) is 0 Å². The van der Waals surface area contributed by atoms with Gasteiger partial charge in [-0.1, -0.05) is 11.2 Å². The molecule has 2 N–H and O–H groups in total. The Morgan fingerprint density at radius 1 is 1.60 bits per heavy atom. The van der Waals surface area contributed by atoms with E-state index >= 15 is 0 Å². The molecule has 1 aromatic heterocycles. The third kappa shape index (κ3) is 3.21. The number of hydrogen-bond donors (Lipinski definition) is 2. The van der Waals surface area contributed by atoms with E-state index in [0.29, 0.717) is 12.4 Å². The van der Waals surface area contributed by atoms with E-state index in [1.165, 1.54) is 0 Å². The molecule has 0 saturated carbocycles. The zero-order valence-corrected chi connectivity index (χ0v) is 8.96. The minimum absolute atomic E-state index is 0.156. The fourth-order valence-electron chi connectivity index (χ4n) is 0.990. The summed E-state index contributed by atoms with van der Waals surface area (Å²) < 4.78 is 4.94. The number of nitrogens with one attached hydrogen (secondary N) is 2.